The van der Waals surface area contributed by atoms with E-state index in [-0.39, 0.29) is 17.5 Å². The van der Waals surface area contributed by atoms with Crippen LogP contribution < -0.4 is 10.5 Å². The van der Waals surface area contributed by atoms with Gasteiger partial charge in [-0.1, -0.05) is 25.1 Å². The van der Waals surface area contributed by atoms with E-state index in [4.69, 9.17) is 10.5 Å². The number of rotatable bonds is 5. The maximum absolute atomic E-state index is 11.0. The Balaban J connectivity index is 2.26. The van der Waals surface area contributed by atoms with E-state index in [1.54, 1.807) is 24.3 Å². The van der Waals surface area contributed by atoms with Crippen molar-refractivity contribution in [2.75, 3.05) is 0 Å². The highest BCUT2D eigenvalue weighted by atomic mass is 16.6. The summed E-state index contributed by atoms with van der Waals surface area (Å²) in [7, 11) is 0. The summed E-state index contributed by atoms with van der Waals surface area (Å²) in [4.78, 5) is 10.6. The fourth-order valence-corrected chi connectivity index (χ4v) is 2.00. The number of ether oxygens (including phenoxy) is 1. The van der Waals surface area contributed by atoms with Crippen molar-refractivity contribution in [1.82, 2.24) is 0 Å². The first kappa shape index (κ1) is 15.0. The number of nitro benzene ring substituents is 1. The van der Waals surface area contributed by atoms with E-state index in [0.717, 1.165) is 17.5 Å². The van der Waals surface area contributed by atoms with Gasteiger partial charge in [0, 0.05) is 12.1 Å². The minimum absolute atomic E-state index is 0.00708. The molecule has 0 unspecified atom stereocenters. The zero-order valence-corrected chi connectivity index (χ0v) is 12.1. The number of nitrogens with two attached hydrogens (primary N) is 1. The molecule has 1 atom stereocenters. The normalized spacial score (nSPS) is 12.0. The molecule has 2 aromatic rings. The molecule has 0 aliphatic heterocycles. The summed E-state index contributed by atoms with van der Waals surface area (Å²) in [5, 5.41) is 11.0. The third-order valence-electron chi connectivity index (χ3n) is 3.29. The summed E-state index contributed by atoms with van der Waals surface area (Å²) < 4.78 is 5.64. The monoisotopic (exact) mass is 286 g/mol. The van der Waals surface area contributed by atoms with Gasteiger partial charge < -0.3 is 10.5 Å². The van der Waals surface area contributed by atoms with E-state index in [9.17, 15) is 10.1 Å². The van der Waals surface area contributed by atoms with Gasteiger partial charge in [0.2, 0.25) is 5.75 Å². The van der Waals surface area contributed by atoms with Crippen molar-refractivity contribution in [2.45, 2.75) is 26.3 Å². The van der Waals surface area contributed by atoms with Crippen LogP contribution in [0.4, 0.5) is 5.69 Å². The van der Waals surface area contributed by atoms with Crippen molar-refractivity contribution < 1.29 is 9.66 Å². The summed E-state index contributed by atoms with van der Waals surface area (Å²) in [6.45, 7) is 3.88. The minimum Gasteiger partial charge on any atom is -0.450 e. The summed E-state index contributed by atoms with van der Waals surface area (Å²) in [6, 6.07) is 12.1. The molecule has 0 radical (unpaired) electrons. The van der Waals surface area contributed by atoms with Gasteiger partial charge in [-0.15, -0.1) is 0 Å². The van der Waals surface area contributed by atoms with Crippen LogP contribution in [0.1, 0.15) is 30.5 Å². The van der Waals surface area contributed by atoms with Gasteiger partial charge >= 0.3 is 5.69 Å². The van der Waals surface area contributed by atoms with Crippen molar-refractivity contribution in [3.8, 4) is 11.5 Å². The second-order valence-corrected chi connectivity index (χ2v) is 4.91. The molecule has 0 aliphatic carbocycles. The zero-order chi connectivity index (χ0) is 15.4. The van der Waals surface area contributed by atoms with Crippen LogP contribution in [0.5, 0.6) is 11.5 Å². The van der Waals surface area contributed by atoms with Crippen molar-refractivity contribution in [1.29, 1.82) is 0 Å². The highest BCUT2D eigenvalue weighted by Crippen LogP contribution is 2.32. The smallest absolute Gasteiger partial charge is 0.311 e. The standard InChI is InChI=1S/C16H18N2O3/c1-3-14(17)12-5-7-13(8-6-12)21-16-10-11(2)4-9-15(16)18(19)20/h4-10,14H,3,17H2,1-2H3/t14-/m0/s1. The Kier molecular flexibility index (Phi) is 4.55. The second-order valence-electron chi connectivity index (χ2n) is 4.91. The molecular formula is C16H18N2O3. The summed E-state index contributed by atoms with van der Waals surface area (Å²) in [5.74, 6) is 0.795. The number of nitrogens with zero attached hydrogens (tertiary/aromatic N) is 1. The van der Waals surface area contributed by atoms with Crippen LogP contribution in [0, 0.1) is 17.0 Å². The van der Waals surface area contributed by atoms with Crippen molar-refractivity contribution >= 4 is 5.69 Å². The zero-order valence-electron chi connectivity index (χ0n) is 12.1. The molecule has 0 spiro atoms. The lowest BCUT2D eigenvalue weighted by Gasteiger charge is -2.11. The molecule has 110 valence electrons. The first-order valence-electron chi connectivity index (χ1n) is 6.79. The number of aryl methyl sites for hydroxylation is 1. The molecule has 2 rings (SSSR count). The molecule has 0 saturated heterocycles. The van der Waals surface area contributed by atoms with Crippen LogP contribution >= 0.6 is 0 Å². The fraction of sp³-hybridized carbons (Fsp3) is 0.250. The van der Waals surface area contributed by atoms with Crippen LogP contribution in [0.15, 0.2) is 42.5 Å². The summed E-state index contributed by atoms with van der Waals surface area (Å²) in [5.41, 5.74) is 7.82. The van der Waals surface area contributed by atoms with E-state index >= 15 is 0 Å². The maximum atomic E-state index is 11.0. The van der Waals surface area contributed by atoms with Crippen LogP contribution in [0.2, 0.25) is 0 Å². The lowest BCUT2D eigenvalue weighted by atomic mass is 10.1. The lowest BCUT2D eigenvalue weighted by Crippen LogP contribution is -2.08. The first-order valence-corrected chi connectivity index (χ1v) is 6.79. The molecule has 0 heterocycles. The van der Waals surface area contributed by atoms with E-state index in [1.807, 2.05) is 26.0 Å². The highest BCUT2D eigenvalue weighted by molar-refractivity contribution is 5.50. The van der Waals surface area contributed by atoms with Crippen LogP contribution in [0.25, 0.3) is 0 Å². The van der Waals surface area contributed by atoms with Gasteiger partial charge in [-0.3, -0.25) is 10.1 Å². The molecule has 0 fully saturated rings. The van der Waals surface area contributed by atoms with Gasteiger partial charge in [-0.2, -0.15) is 0 Å². The Bertz CT molecular complexity index is 638. The molecule has 2 N–H and O–H groups in total. The molecule has 2 aromatic carbocycles. The first-order chi connectivity index (χ1) is 10.0. The Hall–Kier alpha value is -2.40. The number of nitro groups is 1. The number of hydrogen-bond acceptors (Lipinski definition) is 4. The van der Waals surface area contributed by atoms with Crippen molar-refractivity contribution in [3.63, 3.8) is 0 Å². The molecule has 0 aliphatic rings. The summed E-state index contributed by atoms with van der Waals surface area (Å²) >= 11 is 0. The minimum atomic E-state index is -0.448. The Labute approximate surface area is 123 Å². The van der Waals surface area contributed by atoms with Crippen molar-refractivity contribution in [2.24, 2.45) is 5.73 Å². The molecule has 0 aromatic heterocycles. The van der Waals surface area contributed by atoms with Gasteiger partial charge in [0.05, 0.1) is 4.92 Å². The average molecular weight is 286 g/mol. The molecule has 5 heteroatoms. The maximum Gasteiger partial charge on any atom is 0.311 e. The van der Waals surface area contributed by atoms with Gasteiger partial charge in [-0.05, 0) is 42.7 Å². The third-order valence-corrected chi connectivity index (χ3v) is 3.29. The van der Waals surface area contributed by atoms with Gasteiger partial charge in [0.25, 0.3) is 0 Å². The summed E-state index contributed by atoms with van der Waals surface area (Å²) in [6.07, 6.45) is 0.851. The van der Waals surface area contributed by atoms with Gasteiger partial charge in [-0.25, -0.2) is 0 Å². The predicted octanol–water partition coefficient (Wildman–Crippen LogP) is 4.11. The van der Waals surface area contributed by atoms with Gasteiger partial charge in [0.15, 0.2) is 0 Å². The molecular weight excluding hydrogens is 268 g/mol. The van der Waals surface area contributed by atoms with Crippen molar-refractivity contribution in [3.05, 3.63) is 63.7 Å². The molecule has 0 saturated carbocycles. The molecule has 5 nitrogen and oxygen atoms in total. The third kappa shape index (κ3) is 3.58. The Morgan fingerprint density at radius 1 is 1.24 bits per heavy atom. The van der Waals surface area contributed by atoms with E-state index in [0.29, 0.717) is 5.75 Å². The van der Waals surface area contributed by atoms with Crippen LogP contribution in [-0.2, 0) is 0 Å². The number of hydrogen-bond donors (Lipinski definition) is 1. The quantitative estimate of drug-likeness (QED) is 0.662. The van der Waals surface area contributed by atoms with E-state index in [1.165, 1.54) is 6.07 Å². The second kappa shape index (κ2) is 6.37. The molecule has 21 heavy (non-hydrogen) atoms. The SMILES string of the molecule is CC[C@H](N)c1ccc(Oc2cc(C)ccc2[N+](=O)[O-])cc1. The predicted molar refractivity (Wildman–Crippen MR) is 81.6 cm³/mol. The Morgan fingerprint density at radius 2 is 1.90 bits per heavy atom. The number of benzene rings is 2. The average Bonchev–Trinajstić information content (AvgIpc) is 2.47. The topological polar surface area (TPSA) is 78.4 Å². The largest absolute Gasteiger partial charge is 0.450 e. The van der Waals surface area contributed by atoms with Crippen LogP contribution in [0.3, 0.4) is 0 Å². The van der Waals surface area contributed by atoms with Crippen LogP contribution in [-0.4, -0.2) is 4.92 Å². The molecule has 0 amide bonds. The Morgan fingerprint density at radius 3 is 2.48 bits per heavy atom. The highest BCUT2D eigenvalue weighted by Gasteiger charge is 2.15. The van der Waals surface area contributed by atoms with E-state index in [2.05, 4.69) is 0 Å². The van der Waals surface area contributed by atoms with Gasteiger partial charge in [0.1, 0.15) is 5.75 Å². The van der Waals surface area contributed by atoms with E-state index < -0.39 is 4.92 Å². The lowest BCUT2D eigenvalue weighted by molar-refractivity contribution is -0.385. The fourth-order valence-electron chi connectivity index (χ4n) is 2.00. The molecule has 0 bridgehead atoms.